The van der Waals surface area contributed by atoms with Crippen LogP contribution in [0.2, 0.25) is 0 Å². The van der Waals surface area contributed by atoms with Crippen molar-refractivity contribution in [3.05, 3.63) is 33.8 Å². The number of halogens is 1. The Bertz CT molecular complexity index is 373. The van der Waals surface area contributed by atoms with E-state index in [1.165, 1.54) is 0 Å². The topological polar surface area (TPSA) is 49.3 Å². The van der Waals surface area contributed by atoms with Crippen molar-refractivity contribution in [1.82, 2.24) is 5.32 Å². The molecule has 2 N–H and O–H groups in total. The molecule has 3 nitrogen and oxygen atoms in total. The number of benzene rings is 1. The van der Waals surface area contributed by atoms with Gasteiger partial charge in [-0.3, -0.25) is 4.79 Å². The van der Waals surface area contributed by atoms with E-state index in [4.69, 9.17) is 5.11 Å². The van der Waals surface area contributed by atoms with Gasteiger partial charge in [0.2, 0.25) is 0 Å². The number of carbonyl (C=O) groups is 1. The van der Waals surface area contributed by atoms with E-state index < -0.39 is 0 Å². The van der Waals surface area contributed by atoms with Gasteiger partial charge in [0.25, 0.3) is 5.91 Å². The second-order valence-electron chi connectivity index (χ2n) is 4.34. The lowest BCUT2D eigenvalue weighted by Crippen LogP contribution is -2.28. The molecule has 0 aliphatic carbocycles. The van der Waals surface area contributed by atoms with E-state index >= 15 is 0 Å². The Morgan fingerprint density at radius 2 is 2.18 bits per heavy atom. The van der Waals surface area contributed by atoms with Crippen LogP contribution in [-0.4, -0.2) is 24.2 Å². The summed E-state index contributed by atoms with van der Waals surface area (Å²) in [4.78, 5) is 11.9. The van der Waals surface area contributed by atoms with Crippen molar-refractivity contribution >= 4 is 21.8 Å². The second-order valence-corrected chi connectivity index (χ2v) is 5.26. The van der Waals surface area contributed by atoms with Crippen molar-refractivity contribution in [2.45, 2.75) is 20.3 Å². The van der Waals surface area contributed by atoms with Gasteiger partial charge >= 0.3 is 0 Å². The van der Waals surface area contributed by atoms with Crippen LogP contribution in [0.25, 0.3) is 0 Å². The number of aryl methyl sites for hydroxylation is 1. The molecule has 1 atom stereocenters. The third-order valence-corrected chi connectivity index (χ3v) is 3.00. The summed E-state index contributed by atoms with van der Waals surface area (Å²) in [6, 6.07) is 5.63. The predicted octanol–water partition coefficient (Wildman–Crippen LogP) is 2.51. The highest BCUT2D eigenvalue weighted by molar-refractivity contribution is 9.10. The van der Waals surface area contributed by atoms with Gasteiger partial charge < -0.3 is 10.4 Å². The van der Waals surface area contributed by atoms with Crippen LogP contribution in [0.3, 0.4) is 0 Å². The molecule has 0 aromatic heterocycles. The summed E-state index contributed by atoms with van der Waals surface area (Å²) in [7, 11) is 0. The summed E-state index contributed by atoms with van der Waals surface area (Å²) >= 11 is 3.37. The normalized spacial score (nSPS) is 12.2. The van der Waals surface area contributed by atoms with Gasteiger partial charge in [-0.15, -0.1) is 0 Å². The molecule has 1 aromatic carbocycles. The van der Waals surface area contributed by atoms with E-state index in [-0.39, 0.29) is 18.4 Å². The van der Waals surface area contributed by atoms with Crippen molar-refractivity contribution in [2.24, 2.45) is 5.92 Å². The zero-order valence-corrected chi connectivity index (χ0v) is 11.8. The molecule has 94 valence electrons. The third-order valence-electron chi connectivity index (χ3n) is 2.54. The molecule has 0 aliphatic rings. The Morgan fingerprint density at radius 1 is 1.47 bits per heavy atom. The summed E-state index contributed by atoms with van der Waals surface area (Å²) in [6.07, 6.45) is 0.706. The highest BCUT2D eigenvalue weighted by atomic mass is 79.9. The lowest BCUT2D eigenvalue weighted by molar-refractivity contribution is 0.0945. The first-order valence-corrected chi connectivity index (χ1v) is 6.48. The summed E-state index contributed by atoms with van der Waals surface area (Å²) in [5.74, 6) is 0.219. The molecule has 0 saturated heterocycles. The molecular formula is C13H18BrNO2. The fourth-order valence-electron chi connectivity index (χ4n) is 1.56. The minimum absolute atomic E-state index is 0.0702. The molecule has 0 fully saturated rings. The maximum Gasteiger partial charge on any atom is 0.251 e. The zero-order valence-electron chi connectivity index (χ0n) is 10.2. The second kappa shape index (κ2) is 6.77. The minimum Gasteiger partial charge on any atom is -0.396 e. The lowest BCUT2D eigenvalue weighted by atomic mass is 10.1. The quantitative estimate of drug-likeness (QED) is 0.878. The molecule has 1 aromatic rings. The Morgan fingerprint density at radius 3 is 2.76 bits per heavy atom. The highest BCUT2D eigenvalue weighted by Crippen LogP contribution is 2.15. The van der Waals surface area contributed by atoms with Crippen molar-refractivity contribution < 1.29 is 9.90 Å². The van der Waals surface area contributed by atoms with E-state index in [2.05, 4.69) is 21.2 Å². The summed E-state index contributed by atoms with van der Waals surface area (Å²) in [6.45, 7) is 4.70. The Labute approximate surface area is 110 Å². The molecule has 0 spiro atoms. The van der Waals surface area contributed by atoms with E-state index in [0.717, 1.165) is 10.0 Å². The maximum atomic E-state index is 11.9. The first-order chi connectivity index (χ1) is 8.02. The van der Waals surface area contributed by atoms with Crippen LogP contribution in [0.5, 0.6) is 0 Å². The van der Waals surface area contributed by atoms with Gasteiger partial charge in [0.05, 0.1) is 0 Å². The fourth-order valence-corrected chi connectivity index (χ4v) is 2.17. The Balaban J connectivity index is 2.58. The first-order valence-electron chi connectivity index (χ1n) is 5.69. The largest absolute Gasteiger partial charge is 0.396 e. The van der Waals surface area contributed by atoms with Gasteiger partial charge in [0.15, 0.2) is 0 Å². The number of hydrogen-bond donors (Lipinski definition) is 2. The molecule has 0 saturated carbocycles. The van der Waals surface area contributed by atoms with Crippen LogP contribution in [0.15, 0.2) is 22.7 Å². The Hall–Kier alpha value is -0.870. The van der Waals surface area contributed by atoms with Crippen LogP contribution < -0.4 is 5.32 Å². The standard InChI is InChI=1S/C13H18BrNO2/c1-9(3-4-16)8-15-13(17)11-5-10(2)6-12(14)7-11/h5-7,9,16H,3-4,8H2,1-2H3,(H,15,17)/t9-/m0/s1. The van der Waals surface area contributed by atoms with Crippen molar-refractivity contribution in [3.63, 3.8) is 0 Å². The van der Waals surface area contributed by atoms with Crippen molar-refractivity contribution in [2.75, 3.05) is 13.2 Å². The number of aliphatic hydroxyl groups is 1. The fraction of sp³-hybridized carbons (Fsp3) is 0.462. The summed E-state index contributed by atoms with van der Waals surface area (Å²) in [5.41, 5.74) is 1.71. The van der Waals surface area contributed by atoms with E-state index in [1.54, 1.807) is 6.07 Å². The van der Waals surface area contributed by atoms with E-state index in [9.17, 15) is 4.79 Å². The number of nitrogens with one attached hydrogen (secondary N) is 1. The van der Waals surface area contributed by atoms with Crippen LogP contribution in [-0.2, 0) is 0 Å². The molecule has 17 heavy (non-hydrogen) atoms. The SMILES string of the molecule is Cc1cc(Br)cc(C(=O)NC[C@@H](C)CCO)c1. The maximum absolute atomic E-state index is 11.9. The number of amides is 1. The zero-order chi connectivity index (χ0) is 12.8. The van der Waals surface area contributed by atoms with Gasteiger partial charge in [-0.25, -0.2) is 0 Å². The predicted molar refractivity (Wildman–Crippen MR) is 72.1 cm³/mol. The molecule has 0 heterocycles. The van der Waals surface area contributed by atoms with Crippen LogP contribution in [0.1, 0.15) is 29.3 Å². The minimum atomic E-state index is -0.0702. The molecule has 1 rings (SSSR count). The summed E-state index contributed by atoms with van der Waals surface area (Å²) in [5, 5.41) is 11.6. The molecule has 0 unspecified atom stereocenters. The van der Waals surface area contributed by atoms with E-state index in [0.29, 0.717) is 18.5 Å². The molecule has 4 heteroatoms. The molecule has 0 bridgehead atoms. The molecule has 1 amide bonds. The molecule has 0 radical (unpaired) electrons. The third kappa shape index (κ3) is 4.88. The average Bonchev–Trinajstić information content (AvgIpc) is 2.25. The van der Waals surface area contributed by atoms with Gasteiger partial charge in [-0.2, -0.15) is 0 Å². The highest BCUT2D eigenvalue weighted by Gasteiger charge is 2.08. The smallest absolute Gasteiger partial charge is 0.251 e. The van der Waals surface area contributed by atoms with Crippen molar-refractivity contribution in [1.29, 1.82) is 0 Å². The van der Waals surface area contributed by atoms with Crippen LogP contribution in [0.4, 0.5) is 0 Å². The number of carbonyl (C=O) groups excluding carboxylic acids is 1. The van der Waals surface area contributed by atoms with Gasteiger partial charge in [-0.05, 0) is 43.0 Å². The van der Waals surface area contributed by atoms with Crippen LogP contribution >= 0.6 is 15.9 Å². The Kier molecular flexibility index (Phi) is 5.65. The van der Waals surface area contributed by atoms with Gasteiger partial charge in [0.1, 0.15) is 0 Å². The summed E-state index contributed by atoms with van der Waals surface area (Å²) < 4.78 is 0.908. The van der Waals surface area contributed by atoms with Gasteiger partial charge in [-0.1, -0.05) is 22.9 Å². The van der Waals surface area contributed by atoms with Crippen LogP contribution in [0, 0.1) is 12.8 Å². The number of aliphatic hydroxyl groups excluding tert-OH is 1. The van der Waals surface area contributed by atoms with Gasteiger partial charge in [0, 0.05) is 23.2 Å². The first kappa shape index (κ1) is 14.2. The monoisotopic (exact) mass is 299 g/mol. The number of hydrogen-bond acceptors (Lipinski definition) is 2. The average molecular weight is 300 g/mol. The molecular weight excluding hydrogens is 282 g/mol. The number of rotatable bonds is 5. The van der Waals surface area contributed by atoms with Crippen molar-refractivity contribution in [3.8, 4) is 0 Å². The molecule has 0 aliphatic heterocycles. The lowest BCUT2D eigenvalue weighted by Gasteiger charge is -2.11. The van der Waals surface area contributed by atoms with E-state index in [1.807, 2.05) is 26.0 Å².